The lowest BCUT2D eigenvalue weighted by Gasteiger charge is -2.24. The molecule has 4 rings (SSSR count). The van der Waals surface area contributed by atoms with Gasteiger partial charge in [0.2, 0.25) is 11.6 Å². The predicted octanol–water partition coefficient (Wildman–Crippen LogP) is 10.3. The number of hydrogen-bond donors (Lipinski definition) is 0. The molecule has 0 saturated heterocycles. The average Bonchev–Trinajstić information content (AvgIpc) is 2.95. The van der Waals surface area contributed by atoms with Gasteiger partial charge in [-0.2, -0.15) is 17.6 Å². The molecule has 2 nitrogen and oxygen atoms in total. The third-order valence-electron chi connectivity index (χ3n) is 7.48. The zero-order chi connectivity index (χ0) is 28.5. The summed E-state index contributed by atoms with van der Waals surface area (Å²) in [6.45, 7) is 3.93. The molecule has 0 atom stereocenters. The second kappa shape index (κ2) is 13.9. The van der Waals surface area contributed by atoms with E-state index in [9.17, 15) is 17.6 Å². The average molecular weight is 555 g/mol. The first-order valence-electron chi connectivity index (χ1n) is 14.3. The van der Waals surface area contributed by atoms with Crippen LogP contribution in [0.4, 0.5) is 17.6 Å². The molecule has 0 aliphatic heterocycles. The molecule has 214 valence electrons. The Morgan fingerprint density at radius 1 is 0.775 bits per heavy atom. The van der Waals surface area contributed by atoms with Gasteiger partial charge >= 0.3 is 6.11 Å². The van der Waals surface area contributed by atoms with E-state index in [2.05, 4.69) is 36.0 Å². The Morgan fingerprint density at radius 3 is 2.05 bits per heavy atom. The van der Waals surface area contributed by atoms with Gasteiger partial charge in [0.15, 0.2) is 11.5 Å². The van der Waals surface area contributed by atoms with Crippen molar-refractivity contribution >= 4 is 10.8 Å². The molecule has 3 aromatic carbocycles. The minimum absolute atomic E-state index is 0.112. The zero-order valence-corrected chi connectivity index (χ0v) is 23.3. The van der Waals surface area contributed by atoms with E-state index in [1.54, 1.807) is 19.1 Å². The van der Waals surface area contributed by atoms with Crippen LogP contribution in [0.25, 0.3) is 10.8 Å². The third kappa shape index (κ3) is 7.67. The molecule has 40 heavy (non-hydrogen) atoms. The number of benzene rings is 3. The monoisotopic (exact) mass is 554 g/mol. The van der Waals surface area contributed by atoms with Crippen LogP contribution in [0.1, 0.15) is 69.9 Å². The summed E-state index contributed by atoms with van der Waals surface area (Å²) in [6.07, 6.45) is 14.7. The SMILES string of the molecule is CCC/C=C/C1CCC(/C=C/CCc2ccc3cc(C(F)(F)Oc4ccc(OCC)c(F)c4F)ccc3c2)CC1. The van der Waals surface area contributed by atoms with Crippen molar-refractivity contribution in [2.24, 2.45) is 11.8 Å². The van der Waals surface area contributed by atoms with E-state index in [4.69, 9.17) is 4.74 Å². The predicted molar refractivity (Wildman–Crippen MR) is 153 cm³/mol. The largest absolute Gasteiger partial charge is 0.491 e. The highest BCUT2D eigenvalue weighted by Gasteiger charge is 2.36. The maximum Gasteiger partial charge on any atom is 0.426 e. The van der Waals surface area contributed by atoms with Crippen molar-refractivity contribution in [3.05, 3.63) is 95.6 Å². The molecule has 1 saturated carbocycles. The van der Waals surface area contributed by atoms with Crippen LogP contribution < -0.4 is 9.47 Å². The maximum absolute atomic E-state index is 14.9. The van der Waals surface area contributed by atoms with Gasteiger partial charge in [0.05, 0.1) is 12.2 Å². The summed E-state index contributed by atoms with van der Waals surface area (Å²) in [5.41, 5.74) is 0.685. The molecule has 1 fully saturated rings. The molecule has 1 aliphatic rings. The highest BCUT2D eigenvalue weighted by atomic mass is 19.3. The first kappa shape index (κ1) is 29.7. The van der Waals surface area contributed by atoms with Gasteiger partial charge in [-0.1, -0.05) is 61.9 Å². The number of hydrogen-bond acceptors (Lipinski definition) is 2. The molecule has 0 bridgehead atoms. The number of ether oxygens (including phenoxy) is 2. The van der Waals surface area contributed by atoms with E-state index in [0.717, 1.165) is 41.8 Å². The smallest absolute Gasteiger partial charge is 0.426 e. The maximum atomic E-state index is 14.9. The number of allylic oxidation sites excluding steroid dienone is 4. The summed E-state index contributed by atoms with van der Waals surface area (Å²) in [5, 5.41) is 1.44. The van der Waals surface area contributed by atoms with Gasteiger partial charge in [0.1, 0.15) is 0 Å². The molecule has 0 unspecified atom stereocenters. The molecule has 0 radical (unpaired) electrons. The summed E-state index contributed by atoms with van der Waals surface area (Å²) in [7, 11) is 0. The summed E-state index contributed by atoms with van der Waals surface area (Å²) >= 11 is 0. The number of unbranched alkanes of at least 4 members (excludes halogenated alkanes) is 1. The van der Waals surface area contributed by atoms with Crippen molar-refractivity contribution in [3.63, 3.8) is 0 Å². The van der Waals surface area contributed by atoms with Crippen LogP contribution in [-0.2, 0) is 12.5 Å². The molecule has 0 aromatic heterocycles. The molecule has 1 aliphatic carbocycles. The Bertz CT molecular complexity index is 1320. The Labute approximate surface area is 234 Å². The summed E-state index contributed by atoms with van der Waals surface area (Å²) in [4.78, 5) is 0. The minimum atomic E-state index is -3.86. The Hall–Kier alpha value is -3.28. The lowest BCUT2D eigenvalue weighted by Crippen LogP contribution is -2.22. The van der Waals surface area contributed by atoms with E-state index >= 15 is 0 Å². The number of alkyl halides is 2. The Balaban J connectivity index is 1.33. The van der Waals surface area contributed by atoms with E-state index in [1.165, 1.54) is 50.7 Å². The fourth-order valence-electron chi connectivity index (χ4n) is 5.21. The number of halogens is 4. The van der Waals surface area contributed by atoms with E-state index < -0.39 is 29.1 Å². The standard InChI is InChI=1S/C34H38F4O2/c1-3-5-6-9-24-12-14-25(15-13-24)10-7-8-11-26-16-17-28-23-29(19-18-27(28)22-26)34(37,38)40-31-21-20-30(39-4-2)32(35)33(31)36/h6-7,9-10,16-25H,3-5,8,11-15H2,1-2H3/b9-6+,10-7+. The second-order valence-corrected chi connectivity index (χ2v) is 10.5. The van der Waals surface area contributed by atoms with Gasteiger partial charge in [0, 0.05) is 0 Å². The van der Waals surface area contributed by atoms with Gasteiger partial charge in [-0.05, 0) is 104 Å². The molecule has 0 N–H and O–H groups in total. The molecular formula is C34H38F4O2. The van der Waals surface area contributed by atoms with Crippen molar-refractivity contribution in [3.8, 4) is 11.5 Å². The summed E-state index contributed by atoms with van der Waals surface area (Å²) < 4.78 is 67.8. The highest BCUT2D eigenvalue weighted by Crippen LogP contribution is 2.37. The van der Waals surface area contributed by atoms with Crippen molar-refractivity contribution in [2.45, 2.75) is 71.3 Å². The lowest BCUT2D eigenvalue weighted by molar-refractivity contribution is -0.187. The van der Waals surface area contributed by atoms with Gasteiger partial charge in [-0.3, -0.25) is 0 Å². The number of fused-ring (bicyclic) bond motifs is 1. The van der Waals surface area contributed by atoms with Gasteiger partial charge in [-0.15, -0.1) is 0 Å². The van der Waals surface area contributed by atoms with Gasteiger partial charge in [-0.25, -0.2) is 0 Å². The van der Waals surface area contributed by atoms with Crippen LogP contribution >= 0.6 is 0 Å². The number of rotatable bonds is 12. The third-order valence-corrected chi connectivity index (χ3v) is 7.48. The molecule has 0 amide bonds. The van der Waals surface area contributed by atoms with Gasteiger partial charge < -0.3 is 9.47 Å². The topological polar surface area (TPSA) is 18.5 Å². The fraction of sp³-hybridized carbons (Fsp3) is 0.412. The molecule has 0 heterocycles. The molecule has 3 aromatic rings. The zero-order valence-electron chi connectivity index (χ0n) is 23.3. The van der Waals surface area contributed by atoms with Crippen molar-refractivity contribution < 1.29 is 27.0 Å². The molecule has 0 spiro atoms. The highest BCUT2D eigenvalue weighted by molar-refractivity contribution is 5.84. The van der Waals surface area contributed by atoms with Crippen molar-refractivity contribution in [2.75, 3.05) is 6.61 Å². The van der Waals surface area contributed by atoms with Crippen molar-refractivity contribution in [1.82, 2.24) is 0 Å². The van der Waals surface area contributed by atoms with Crippen LogP contribution in [0, 0.1) is 23.5 Å². The lowest BCUT2D eigenvalue weighted by atomic mass is 9.81. The Morgan fingerprint density at radius 2 is 1.38 bits per heavy atom. The van der Waals surface area contributed by atoms with Crippen LogP contribution in [0.3, 0.4) is 0 Å². The minimum Gasteiger partial charge on any atom is -0.491 e. The molecule has 6 heteroatoms. The van der Waals surface area contributed by atoms with E-state index in [1.807, 2.05) is 12.1 Å². The first-order chi connectivity index (χ1) is 19.3. The normalized spacial score (nSPS) is 18.1. The van der Waals surface area contributed by atoms with Crippen LogP contribution in [0.15, 0.2) is 72.8 Å². The fourth-order valence-corrected chi connectivity index (χ4v) is 5.21. The van der Waals surface area contributed by atoms with Crippen LogP contribution in [0.5, 0.6) is 11.5 Å². The van der Waals surface area contributed by atoms with E-state index in [-0.39, 0.29) is 12.4 Å². The van der Waals surface area contributed by atoms with Gasteiger partial charge in [0.25, 0.3) is 0 Å². The Kier molecular flexibility index (Phi) is 10.3. The summed E-state index contributed by atoms with van der Waals surface area (Å²) in [5.74, 6) is -2.73. The molecular weight excluding hydrogens is 516 g/mol. The first-order valence-corrected chi connectivity index (χ1v) is 14.3. The quantitative estimate of drug-likeness (QED) is 0.164. The van der Waals surface area contributed by atoms with Crippen LogP contribution in [0.2, 0.25) is 0 Å². The van der Waals surface area contributed by atoms with E-state index in [0.29, 0.717) is 11.3 Å². The van der Waals surface area contributed by atoms with Crippen LogP contribution in [-0.4, -0.2) is 6.61 Å². The number of aryl methyl sites for hydroxylation is 1. The second-order valence-electron chi connectivity index (χ2n) is 10.5. The summed E-state index contributed by atoms with van der Waals surface area (Å²) in [6, 6.07) is 11.9. The van der Waals surface area contributed by atoms with Crippen molar-refractivity contribution in [1.29, 1.82) is 0 Å².